The molecule has 2 aliphatic rings. The molecule has 0 aliphatic heterocycles. The highest BCUT2D eigenvalue weighted by Crippen LogP contribution is 2.68. The zero-order valence-corrected chi connectivity index (χ0v) is 13.5. The fraction of sp³-hybridized carbons (Fsp3) is 0.611. The number of benzene rings is 1. The van der Waals surface area contributed by atoms with Crippen LogP contribution < -0.4 is 5.73 Å². The summed E-state index contributed by atoms with van der Waals surface area (Å²) in [5.74, 6) is 1.50. The molecule has 21 heavy (non-hydrogen) atoms. The van der Waals surface area contributed by atoms with Crippen LogP contribution in [0.2, 0.25) is 0 Å². The molecule has 0 amide bonds. The number of anilines is 1. The monoisotopic (exact) mass is 283 g/mol. The number of aryl methyl sites for hydroxylation is 1. The van der Waals surface area contributed by atoms with Gasteiger partial charge in [0.1, 0.15) is 0 Å². The molecule has 3 unspecified atom stereocenters. The standard InChI is InChI=1S/C18H25N3/c1-11-5-6-13-14(9-11)21(16(19)20-13)15-17(2,3)12-7-8-18(15,4)10-12/h5-6,9,12,15H,7-8,10H2,1-4H3,(H2,19,20). The molecule has 0 radical (unpaired) electrons. The van der Waals surface area contributed by atoms with E-state index in [0.717, 1.165) is 11.4 Å². The van der Waals surface area contributed by atoms with Gasteiger partial charge in [-0.2, -0.15) is 0 Å². The summed E-state index contributed by atoms with van der Waals surface area (Å²) in [5, 5.41) is 0. The lowest BCUT2D eigenvalue weighted by atomic mass is 9.68. The van der Waals surface area contributed by atoms with Gasteiger partial charge in [0, 0.05) is 6.04 Å². The van der Waals surface area contributed by atoms with Crippen molar-refractivity contribution in [1.29, 1.82) is 0 Å². The molecule has 3 heteroatoms. The van der Waals surface area contributed by atoms with Gasteiger partial charge in [0.2, 0.25) is 5.95 Å². The molecule has 0 saturated heterocycles. The van der Waals surface area contributed by atoms with E-state index in [9.17, 15) is 0 Å². The highest BCUT2D eigenvalue weighted by molar-refractivity contribution is 5.79. The molecule has 112 valence electrons. The SMILES string of the molecule is Cc1ccc2nc(N)n(C3C4(C)CCC(C4)C3(C)C)c2c1. The summed E-state index contributed by atoms with van der Waals surface area (Å²) in [6, 6.07) is 6.91. The first kappa shape index (κ1) is 13.2. The fourth-order valence-electron chi connectivity index (χ4n) is 5.41. The second kappa shape index (κ2) is 3.82. The third kappa shape index (κ3) is 1.58. The number of hydrogen-bond donors (Lipinski definition) is 1. The molecular weight excluding hydrogens is 258 g/mol. The van der Waals surface area contributed by atoms with Crippen molar-refractivity contribution in [2.75, 3.05) is 5.73 Å². The first-order valence-electron chi connectivity index (χ1n) is 8.07. The lowest BCUT2D eigenvalue weighted by Crippen LogP contribution is -2.37. The molecule has 2 aromatic rings. The minimum absolute atomic E-state index is 0.290. The summed E-state index contributed by atoms with van der Waals surface area (Å²) < 4.78 is 2.35. The number of fused-ring (bicyclic) bond motifs is 3. The van der Waals surface area contributed by atoms with Crippen LogP contribution in [-0.2, 0) is 0 Å². The Kier molecular flexibility index (Phi) is 2.40. The van der Waals surface area contributed by atoms with Crippen LogP contribution in [0.15, 0.2) is 18.2 Å². The summed E-state index contributed by atoms with van der Waals surface area (Å²) in [7, 11) is 0. The molecule has 4 rings (SSSR count). The second-order valence-electron chi connectivity index (χ2n) is 8.15. The van der Waals surface area contributed by atoms with Crippen molar-refractivity contribution < 1.29 is 0 Å². The van der Waals surface area contributed by atoms with Crippen LogP contribution in [-0.4, -0.2) is 9.55 Å². The van der Waals surface area contributed by atoms with Crippen molar-refractivity contribution in [3.05, 3.63) is 23.8 Å². The van der Waals surface area contributed by atoms with Crippen LogP contribution in [0.25, 0.3) is 11.0 Å². The van der Waals surface area contributed by atoms with Crippen molar-refractivity contribution in [3.63, 3.8) is 0 Å². The number of nitrogens with zero attached hydrogens (tertiary/aromatic N) is 2. The highest BCUT2D eigenvalue weighted by Gasteiger charge is 2.60. The molecule has 1 aromatic heterocycles. The lowest BCUT2D eigenvalue weighted by molar-refractivity contribution is 0.0882. The molecule has 2 aliphatic carbocycles. The predicted molar refractivity (Wildman–Crippen MR) is 87.1 cm³/mol. The maximum atomic E-state index is 6.35. The first-order chi connectivity index (χ1) is 9.83. The predicted octanol–water partition coefficient (Wildman–Crippen LogP) is 4.31. The molecule has 0 spiro atoms. The van der Waals surface area contributed by atoms with Gasteiger partial charge < -0.3 is 10.3 Å². The molecule has 3 atom stereocenters. The summed E-state index contributed by atoms with van der Waals surface area (Å²) in [4.78, 5) is 4.62. The quantitative estimate of drug-likeness (QED) is 0.847. The molecule has 1 heterocycles. The number of nitrogens with two attached hydrogens (primary N) is 1. The van der Waals surface area contributed by atoms with Gasteiger partial charge in [0.15, 0.2) is 0 Å². The van der Waals surface area contributed by atoms with Crippen molar-refractivity contribution in [3.8, 4) is 0 Å². The molecule has 1 aromatic carbocycles. The van der Waals surface area contributed by atoms with E-state index in [4.69, 9.17) is 5.73 Å². The summed E-state index contributed by atoms with van der Waals surface area (Å²) in [6.07, 6.45) is 4.01. The number of nitrogen functional groups attached to an aromatic ring is 1. The minimum Gasteiger partial charge on any atom is -0.369 e. The Balaban J connectivity index is 1.98. The third-order valence-corrected chi connectivity index (χ3v) is 6.32. The molecule has 2 N–H and O–H groups in total. The van der Waals surface area contributed by atoms with E-state index >= 15 is 0 Å². The third-order valence-electron chi connectivity index (χ3n) is 6.32. The van der Waals surface area contributed by atoms with Crippen LogP contribution in [0.1, 0.15) is 51.6 Å². The maximum absolute atomic E-state index is 6.35. The van der Waals surface area contributed by atoms with Crippen LogP contribution in [0, 0.1) is 23.7 Å². The molecular formula is C18H25N3. The Labute approximate surface area is 126 Å². The average molecular weight is 283 g/mol. The van der Waals surface area contributed by atoms with Gasteiger partial charge in [-0.1, -0.05) is 26.8 Å². The Morgan fingerprint density at radius 2 is 2.05 bits per heavy atom. The van der Waals surface area contributed by atoms with Gasteiger partial charge >= 0.3 is 0 Å². The molecule has 2 saturated carbocycles. The number of aromatic nitrogens is 2. The van der Waals surface area contributed by atoms with Gasteiger partial charge in [0.25, 0.3) is 0 Å². The Hall–Kier alpha value is -1.51. The molecule has 3 nitrogen and oxygen atoms in total. The number of imidazole rings is 1. The van der Waals surface area contributed by atoms with E-state index in [0.29, 0.717) is 22.8 Å². The summed E-state index contributed by atoms with van der Waals surface area (Å²) in [5.41, 5.74) is 10.5. The van der Waals surface area contributed by atoms with E-state index in [1.54, 1.807) is 0 Å². The van der Waals surface area contributed by atoms with Gasteiger partial charge in [-0.25, -0.2) is 4.98 Å². The Morgan fingerprint density at radius 1 is 1.29 bits per heavy atom. The van der Waals surface area contributed by atoms with Crippen molar-refractivity contribution in [2.24, 2.45) is 16.7 Å². The average Bonchev–Trinajstić information content (AvgIpc) is 2.98. The van der Waals surface area contributed by atoms with Crippen LogP contribution in [0.5, 0.6) is 0 Å². The van der Waals surface area contributed by atoms with E-state index in [-0.39, 0.29) is 0 Å². The van der Waals surface area contributed by atoms with Crippen LogP contribution in [0.4, 0.5) is 5.95 Å². The smallest absolute Gasteiger partial charge is 0.201 e. The number of rotatable bonds is 1. The van der Waals surface area contributed by atoms with Gasteiger partial charge in [-0.3, -0.25) is 0 Å². The first-order valence-corrected chi connectivity index (χ1v) is 8.07. The van der Waals surface area contributed by atoms with Gasteiger partial charge in [-0.15, -0.1) is 0 Å². The highest BCUT2D eigenvalue weighted by atomic mass is 15.2. The Bertz CT molecular complexity index is 723. The molecule has 2 fully saturated rings. The van der Waals surface area contributed by atoms with Crippen molar-refractivity contribution >= 4 is 17.0 Å². The summed E-state index contributed by atoms with van der Waals surface area (Å²) in [6.45, 7) is 9.44. The van der Waals surface area contributed by atoms with Crippen molar-refractivity contribution in [2.45, 2.75) is 53.0 Å². The Morgan fingerprint density at radius 3 is 2.71 bits per heavy atom. The molecule has 2 bridgehead atoms. The lowest BCUT2D eigenvalue weighted by Gasteiger charge is -2.44. The van der Waals surface area contributed by atoms with Gasteiger partial charge in [0.05, 0.1) is 11.0 Å². The second-order valence-corrected chi connectivity index (χ2v) is 8.15. The van der Waals surface area contributed by atoms with E-state index < -0.39 is 0 Å². The largest absolute Gasteiger partial charge is 0.369 e. The zero-order chi connectivity index (χ0) is 15.0. The minimum atomic E-state index is 0.290. The summed E-state index contributed by atoms with van der Waals surface area (Å²) >= 11 is 0. The van der Waals surface area contributed by atoms with Crippen molar-refractivity contribution in [1.82, 2.24) is 9.55 Å². The number of hydrogen-bond acceptors (Lipinski definition) is 2. The zero-order valence-electron chi connectivity index (χ0n) is 13.5. The van der Waals surface area contributed by atoms with E-state index in [2.05, 4.69) is 55.4 Å². The fourth-order valence-corrected chi connectivity index (χ4v) is 5.41. The van der Waals surface area contributed by atoms with Crippen LogP contribution >= 0.6 is 0 Å². The maximum Gasteiger partial charge on any atom is 0.201 e. The van der Waals surface area contributed by atoms with Crippen LogP contribution in [0.3, 0.4) is 0 Å². The normalized spacial score (nSPS) is 33.9. The van der Waals surface area contributed by atoms with Gasteiger partial charge in [-0.05, 0) is 60.6 Å². The van der Waals surface area contributed by atoms with E-state index in [1.165, 1.54) is 30.3 Å². The topological polar surface area (TPSA) is 43.8 Å². The van der Waals surface area contributed by atoms with E-state index in [1.807, 2.05) is 0 Å².